The average Bonchev–Trinajstić information content (AvgIpc) is 3.49. The lowest BCUT2D eigenvalue weighted by molar-refractivity contribution is -0.120. The van der Waals surface area contributed by atoms with Gasteiger partial charge in [0.2, 0.25) is 5.91 Å². The van der Waals surface area contributed by atoms with Crippen molar-refractivity contribution in [1.82, 2.24) is 35.0 Å². The maximum absolute atomic E-state index is 12.6. The third kappa shape index (κ3) is 4.83. The molecular weight excluding hydrogens is 458 g/mol. The number of rotatable bonds is 8. The van der Waals surface area contributed by atoms with Crippen molar-refractivity contribution in [1.29, 1.82) is 0 Å². The molecule has 0 unspecified atom stereocenters. The van der Waals surface area contributed by atoms with Crippen LogP contribution in [0.5, 0.6) is 0 Å². The van der Waals surface area contributed by atoms with Crippen molar-refractivity contribution in [3.05, 3.63) is 63.2 Å². The summed E-state index contributed by atoms with van der Waals surface area (Å²) in [6.07, 6.45) is 9.43. The van der Waals surface area contributed by atoms with Gasteiger partial charge in [0.15, 0.2) is 5.82 Å². The van der Waals surface area contributed by atoms with Gasteiger partial charge in [-0.05, 0) is 37.3 Å². The summed E-state index contributed by atoms with van der Waals surface area (Å²) in [5.74, 6) is 2.48. The molecule has 0 fully saturated rings. The summed E-state index contributed by atoms with van der Waals surface area (Å²) in [6.45, 7) is 0.362. The number of thioether (sulfide) groups is 1. The zero-order valence-corrected chi connectivity index (χ0v) is 19.5. The van der Waals surface area contributed by atoms with Crippen molar-refractivity contribution >= 4 is 39.2 Å². The van der Waals surface area contributed by atoms with Gasteiger partial charge in [-0.1, -0.05) is 6.07 Å². The van der Waals surface area contributed by atoms with Crippen LogP contribution in [0.1, 0.15) is 41.1 Å². The highest BCUT2D eigenvalue weighted by molar-refractivity contribution is 7.98. The van der Waals surface area contributed by atoms with Gasteiger partial charge < -0.3 is 10.3 Å². The second kappa shape index (κ2) is 9.84. The fourth-order valence-electron chi connectivity index (χ4n) is 3.98. The Morgan fingerprint density at radius 1 is 1.30 bits per heavy atom. The number of hydrogen-bond acceptors (Lipinski definition) is 8. The second-order valence-corrected chi connectivity index (χ2v) is 10.00. The summed E-state index contributed by atoms with van der Waals surface area (Å²) < 4.78 is 1.58. The lowest BCUT2D eigenvalue weighted by Gasteiger charge is -2.09. The Bertz CT molecular complexity index is 1330. The first-order valence-electron chi connectivity index (χ1n) is 10.9. The van der Waals surface area contributed by atoms with Gasteiger partial charge in [0, 0.05) is 35.4 Å². The van der Waals surface area contributed by atoms with E-state index in [-0.39, 0.29) is 11.5 Å². The molecule has 0 bridgehead atoms. The normalized spacial score (nSPS) is 13.2. The maximum Gasteiger partial charge on any atom is 0.259 e. The number of amides is 1. The summed E-state index contributed by atoms with van der Waals surface area (Å²) in [7, 11) is 0. The number of hydrogen-bond donors (Lipinski definition) is 2. The highest BCUT2D eigenvalue weighted by atomic mass is 32.2. The summed E-state index contributed by atoms with van der Waals surface area (Å²) in [5, 5.41) is 7.82. The predicted octanol–water partition coefficient (Wildman–Crippen LogP) is 2.78. The number of fused-ring (bicyclic) bond motifs is 3. The summed E-state index contributed by atoms with van der Waals surface area (Å²) in [5.41, 5.74) is 2.02. The second-order valence-electron chi connectivity index (χ2n) is 7.81. The zero-order valence-electron chi connectivity index (χ0n) is 17.9. The van der Waals surface area contributed by atoms with Crippen LogP contribution in [0.3, 0.4) is 0 Å². The van der Waals surface area contributed by atoms with Gasteiger partial charge >= 0.3 is 0 Å². The zero-order chi connectivity index (χ0) is 22.6. The molecule has 33 heavy (non-hydrogen) atoms. The monoisotopic (exact) mass is 481 g/mol. The van der Waals surface area contributed by atoms with Crippen LogP contribution >= 0.6 is 23.1 Å². The molecule has 1 aliphatic carbocycles. The van der Waals surface area contributed by atoms with Crippen molar-refractivity contribution in [2.24, 2.45) is 0 Å². The molecule has 4 aromatic heterocycles. The predicted molar refractivity (Wildman–Crippen MR) is 129 cm³/mol. The Hall–Kier alpha value is -3.05. The molecule has 0 saturated carbocycles. The molecule has 11 heteroatoms. The number of nitrogens with zero attached hydrogens (tertiary/aromatic N) is 5. The van der Waals surface area contributed by atoms with Crippen LogP contribution in [0, 0.1) is 0 Å². The molecule has 2 N–H and O–H groups in total. The summed E-state index contributed by atoms with van der Waals surface area (Å²) in [4.78, 5) is 43.0. The molecule has 0 aliphatic heterocycles. The standard InChI is InChI=1S/C22H23N7O2S2/c30-18(25-10-14-4-3-8-24-20(14)29-13-23-12-26-29)7-9-32-11-17-27-21(31)19-15-5-1-2-6-16(15)33-22(19)28-17/h3-4,8,12-13H,1-2,5-7,9-11H2,(H,25,30)(H,27,28,31). The van der Waals surface area contributed by atoms with Crippen molar-refractivity contribution in [3.8, 4) is 5.82 Å². The average molecular weight is 482 g/mol. The van der Waals surface area contributed by atoms with Crippen LogP contribution in [-0.4, -0.2) is 41.4 Å². The van der Waals surface area contributed by atoms with Crippen LogP contribution in [0.4, 0.5) is 0 Å². The third-order valence-corrected chi connectivity index (χ3v) is 7.72. The fraction of sp³-hybridized carbons (Fsp3) is 0.364. The fourth-order valence-corrected chi connectivity index (χ4v) is 6.07. The molecule has 1 aliphatic rings. The van der Waals surface area contributed by atoms with E-state index in [0.29, 0.717) is 36.1 Å². The van der Waals surface area contributed by atoms with Gasteiger partial charge in [0.05, 0.1) is 11.1 Å². The molecule has 170 valence electrons. The summed E-state index contributed by atoms with van der Waals surface area (Å²) in [6, 6.07) is 3.73. The topological polar surface area (TPSA) is 118 Å². The van der Waals surface area contributed by atoms with Crippen LogP contribution in [0.15, 0.2) is 35.8 Å². The van der Waals surface area contributed by atoms with E-state index in [1.807, 2.05) is 12.1 Å². The number of nitrogens with one attached hydrogen (secondary N) is 2. The number of thiophene rings is 1. The van der Waals surface area contributed by atoms with Crippen LogP contribution in [0.25, 0.3) is 16.0 Å². The van der Waals surface area contributed by atoms with Crippen molar-refractivity contribution in [3.63, 3.8) is 0 Å². The van der Waals surface area contributed by atoms with E-state index in [9.17, 15) is 9.59 Å². The van der Waals surface area contributed by atoms with Gasteiger partial charge in [0.25, 0.3) is 5.56 Å². The van der Waals surface area contributed by atoms with E-state index in [2.05, 4.69) is 30.4 Å². The van der Waals surface area contributed by atoms with Crippen molar-refractivity contribution in [2.75, 3.05) is 5.75 Å². The molecule has 0 spiro atoms. The van der Waals surface area contributed by atoms with E-state index >= 15 is 0 Å². The maximum atomic E-state index is 12.6. The molecular formula is C22H23N7O2S2. The Kier molecular flexibility index (Phi) is 6.49. The Labute approximate surface area is 198 Å². The molecule has 0 aromatic carbocycles. The van der Waals surface area contributed by atoms with E-state index < -0.39 is 0 Å². The van der Waals surface area contributed by atoms with Crippen molar-refractivity contribution < 1.29 is 4.79 Å². The number of aryl methyl sites for hydroxylation is 2. The Morgan fingerprint density at radius 3 is 3.09 bits per heavy atom. The van der Waals surface area contributed by atoms with Crippen LogP contribution < -0.4 is 10.9 Å². The minimum Gasteiger partial charge on any atom is -0.352 e. The highest BCUT2D eigenvalue weighted by Gasteiger charge is 2.19. The minimum absolute atomic E-state index is 0.0348. The number of carbonyl (C=O) groups is 1. The van der Waals surface area contributed by atoms with E-state index in [1.165, 1.54) is 23.2 Å². The molecule has 9 nitrogen and oxygen atoms in total. The van der Waals surface area contributed by atoms with Crippen LogP contribution in [0.2, 0.25) is 0 Å². The highest BCUT2D eigenvalue weighted by Crippen LogP contribution is 2.33. The quantitative estimate of drug-likeness (QED) is 0.372. The number of aromatic amines is 1. The molecule has 0 saturated heterocycles. The number of aromatic nitrogens is 6. The first-order chi connectivity index (χ1) is 16.2. The van der Waals surface area contributed by atoms with E-state index in [1.54, 1.807) is 40.3 Å². The van der Waals surface area contributed by atoms with E-state index in [4.69, 9.17) is 0 Å². The smallest absolute Gasteiger partial charge is 0.259 e. The Morgan fingerprint density at radius 2 is 2.21 bits per heavy atom. The minimum atomic E-state index is -0.0428. The number of pyridine rings is 1. The van der Waals surface area contributed by atoms with Crippen LogP contribution in [-0.2, 0) is 29.9 Å². The molecule has 1 amide bonds. The molecule has 0 radical (unpaired) electrons. The first-order valence-corrected chi connectivity index (χ1v) is 12.8. The van der Waals surface area contributed by atoms with Gasteiger partial charge in [-0.15, -0.1) is 11.3 Å². The number of carbonyl (C=O) groups excluding carboxylic acids is 1. The number of H-pyrrole nitrogens is 1. The molecule has 0 atom stereocenters. The third-order valence-electron chi connectivity index (χ3n) is 5.57. The Balaban J connectivity index is 1.13. The lowest BCUT2D eigenvalue weighted by Crippen LogP contribution is -2.24. The summed E-state index contributed by atoms with van der Waals surface area (Å²) >= 11 is 3.24. The largest absolute Gasteiger partial charge is 0.352 e. The van der Waals surface area contributed by atoms with Crippen molar-refractivity contribution in [2.45, 2.75) is 44.4 Å². The van der Waals surface area contributed by atoms with E-state index in [0.717, 1.165) is 35.0 Å². The molecule has 5 rings (SSSR count). The SMILES string of the molecule is O=C(CCSCc1nc2sc3c(c2c(=O)[nH]1)CCCC3)NCc1cccnc1-n1cncn1. The first kappa shape index (κ1) is 21.8. The molecule has 4 heterocycles. The lowest BCUT2D eigenvalue weighted by atomic mass is 9.97. The van der Waals surface area contributed by atoms with Gasteiger partial charge in [0.1, 0.15) is 23.3 Å². The van der Waals surface area contributed by atoms with Gasteiger partial charge in [-0.3, -0.25) is 9.59 Å². The molecule has 4 aromatic rings. The van der Waals surface area contributed by atoms with Gasteiger partial charge in [-0.25, -0.2) is 19.6 Å². The van der Waals surface area contributed by atoms with Gasteiger partial charge in [-0.2, -0.15) is 16.9 Å².